The summed E-state index contributed by atoms with van der Waals surface area (Å²) in [5.41, 5.74) is 0. The van der Waals surface area contributed by atoms with Crippen molar-refractivity contribution in [1.29, 1.82) is 0 Å². The van der Waals surface area contributed by atoms with E-state index in [1.165, 1.54) is 109 Å². The minimum atomic E-state index is -1.58. The van der Waals surface area contributed by atoms with Crippen molar-refractivity contribution >= 4 is 41.7 Å². The number of hydrogen-bond donors (Lipinski definition) is 3. The zero-order chi connectivity index (χ0) is 53.9. The highest BCUT2D eigenvalue weighted by atomic mass is 16.7. The van der Waals surface area contributed by atoms with Crippen LogP contribution in [0.4, 0.5) is 0 Å². The van der Waals surface area contributed by atoms with Gasteiger partial charge in [-0.05, 0) is 25.7 Å². The Morgan fingerprint density at radius 1 is 0.521 bits per heavy atom. The van der Waals surface area contributed by atoms with Crippen molar-refractivity contribution < 1.29 is 67.1 Å². The average Bonchev–Trinajstić information content (AvgIpc) is 3.33. The number of esters is 4. The van der Waals surface area contributed by atoms with Gasteiger partial charge in [0, 0.05) is 33.6 Å². The first-order chi connectivity index (χ1) is 35.2. The second kappa shape index (κ2) is 44.5. The van der Waals surface area contributed by atoms with Crippen LogP contribution in [0.15, 0.2) is 0 Å². The van der Waals surface area contributed by atoms with Gasteiger partial charge in [0.1, 0.15) is 24.9 Å². The predicted octanol–water partition coefficient (Wildman–Crippen LogP) is 11.8. The van der Waals surface area contributed by atoms with Crippen LogP contribution in [-0.4, -0.2) is 103 Å². The van der Waals surface area contributed by atoms with Crippen LogP contribution in [0.5, 0.6) is 0 Å². The lowest BCUT2D eigenvalue weighted by Crippen LogP contribution is -2.67. The molecule has 424 valence electrons. The van der Waals surface area contributed by atoms with Crippen LogP contribution in [-0.2, 0) is 62.0 Å². The molecule has 1 heterocycles. The first-order valence-corrected chi connectivity index (χ1v) is 29.0. The number of nitrogens with one attached hydrogen (secondary N) is 2. The van der Waals surface area contributed by atoms with Gasteiger partial charge in [-0.15, -0.1) is 0 Å². The van der Waals surface area contributed by atoms with Gasteiger partial charge in [-0.3, -0.25) is 28.8 Å². The summed E-state index contributed by atoms with van der Waals surface area (Å²) in [6.07, 6.45) is 28.3. The van der Waals surface area contributed by atoms with E-state index >= 15 is 0 Å². The van der Waals surface area contributed by atoms with Crippen LogP contribution in [0.25, 0.3) is 0 Å². The lowest BCUT2D eigenvalue weighted by Gasteiger charge is -2.45. The number of ether oxygens (including phenoxy) is 6. The summed E-state index contributed by atoms with van der Waals surface area (Å²) >= 11 is 0. The molecule has 0 spiro atoms. The number of aliphatic carboxylic acids is 1. The smallest absolute Gasteiger partial charge is 0.328 e. The number of carboxylic acid groups (broad SMARTS) is 1. The van der Waals surface area contributed by atoms with Crippen LogP contribution in [0.3, 0.4) is 0 Å². The van der Waals surface area contributed by atoms with E-state index in [4.69, 9.17) is 28.4 Å². The molecule has 0 aliphatic carbocycles. The number of rotatable bonds is 47. The highest BCUT2D eigenvalue weighted by molar-refractivity contribution is 5.83. The zero-order valence-electron chi connectivity index (χ0n) is 46.5. The van der Waals surface area contributed by atoms with Crippen molar-refractivity contribution in [2.45, 2.75) is 309 Å². The van der Waals surface area contributed by atoms with Crippen LogP contribution in [0, 0.1) is 0 Å². The minimum Gasteiger partial charge on any atom is -0.480 e. The van der Waals surface area contributed by atoms with Crippen molar-refractivity contribution in [2.24, 2.45) is 0 Å². The summed E-state index contributed by atoms with van der Waals surface area (Å²) in [5, 5.41) is 15.5. The Morgan fingerprint density at radius 3 is 1.38 bits per heavy atom. The molecule has 3 N–H and O–H groups in total. The first kappa shape index (κ1) is 67.2. The van der Waals surface area contributed by atoms with Crippen LogP contribution in [0.1, 0.15) is 266 Å². The number of carboxylic acids is 1. The topological polar surface area (TPSA) is 219 Å². The Hall–Kier alpha value is -3.79. The van der Waals surface area contributed by atoms with E-state index in [-0.39, 0.29) is 19.3 Å². The van der Waals surface area contributed by atoms with E-state index in [1.807, 2.05) is 0 Å². The highest BCUT2D eigenvalue weighted by Crippen LogP contribution is 2.29. The minimum absolute atomic E-state index is 0.118. The zero-order valence-corrected chi connectivity index (χ0v) is 46.5. The number of hydrogen-bond acceptors (Lipinski definition) is 13. The van der Waals surface area contributed by atoms with Crippen molar-refractivity contribution in [1.82, 2.24) is 10.6 Å². The van der Waals surface area contributed by atoms with Crippen molar-refractivity contribution in [3.05, 3.63) is 0 Å². The Kier molecular flexibility index (Phi) is 41.0. The fourth-order valence-corrected chi connectivity index (χ4v) is 9.30. The Balaban J connectivity index is 3.19. The van der Waals surface area contributed by atoms with Gasteiger partial charge in [-0.2, -0.15) is 0 Å². The standard InChI is InChI=1S/C57H102N2O14/c1-7-10-13-16-19-22-24-27-30-33-36-39-50(63)58-48(56(66)67)42-69-57-53(55(71-46(6)62)54(70-45(5)61)49(73-57)43-68-44(4)60)59-51(64)41-47(38-35-32-29-26-21-18-15-12-9-3)72-52(65)40-37-34-31-28-25-23-20-17-14-11-8-2/h47-49,53-55,57H,7-43H2,1-6H3,(H,58,63)(H,59,64)(H,66,67)/t47?,48-,49+,53+,54+,55+,57+/m0/s1. The summed E-state index contributed by atoms with van der Waals surface area (Å²) in [6, 6.07) is -2.96. The van der Waals surface area contributed by atoms with Gasteiger partial charge in [0.25, 0.3) is 0 Å². The lowest BCUT2D eigenvalue weighted by molar-refractivity contribution is -0.278. The largest absolute Gasteiger partial charge is 0.480 e. The van der Waals surface area contributed by atoms with E-state index in [1.54, 1.807) is 0 Å². The van der Waals surface area contributed by atoms with Gasteiger partial charge < -0.3 is 44.2 Å². The average molecular weight is 1040 g/mol. The molecule has 16 heteroatoms. The maximum Gasteiger partial charge on any atom is 0.328 e. The molecule has 1 unspecified atom stereocenters. The third kappa shape index (κ3) is 35.9. The maximum absolute atomic E-state index is 14.2. The van der Waals surface area contributed by atoms with E-state index in [0.29, 0.717) is 19.3 Å². The van der Waals surface area contributed by atoms with E-state index in [9.17, 15) is 38.7 Å². The quantitative estimate of drug-likeness (QED) is 0.0293. The van der Waals surface area contributed by atoms with Crippen LogP contribution in [0.2, 0.25) is 0 Å². The Morgan fingerprint density at radius 2 is 0.945 bits per heavy atom. The lowest BCUT2D eigenvalue weighted by atomic mass is 9.95. The second-order valence-corrected chi connectivity index (χ2v) is 20.4. The molecule has 0 aromatic heterocycles. The summed E-state index contributed by atoms with van der Waals surface area (Å²) in [6.45, 7) is 8.91. The summed E-state index contributed by atoms with van der Waals surface area (Å²) in [5.74, 6) is -5.17. The molecule has 1 fully saturated rings. The Labute approximate surface area is 440 Å². The fourth-order valence-electron chi connectivity index (χ4n) is 9.30. The molecular formula is C57H102N2O14. The molecule has 16 nitrogen and oxygen atoms in total. The molecule has 73 heavy (non-hydrogen) atoms. The SMILES string of the molecule is CCCCCCCCCCCCCC(=O)N[C@@H](CO[C@@H]1O[C@H](COC(C)=O)[C@@H](OC(C)=O)[C@H](OC(C)=O)[C@H]1NC(=O)CC(CCCCCCCCCCC)OC(=O)CCCCCCCCCCCCC)C(=O)O. The number of carbonyl (C=O) groups is 7. The molecule has 0 aromatic rings. The number of amides is 2. The monoisotopic (exact) mass is 1040 g/mol. The third-order valence-electron chi connectivity index (χ3n) is 13.4. The van der Waals surface area contributed by atoms with Gasteiger partial charge in [0.15, 0.2) is 24.5 Å². The van der Waals surface area contributed by atoms with Crippen molar-refractivity contribution in [3.63, 3.8) is 0 Å². The Bertz CT molecular complexity index is 1500. The molecule has 0 radical (unpaired) electrons. The highest BCUT2D eigenvalue weighted by Gasteiger charge is 2.52. The molecule has 2 amide bonds. The molecule has 1 aliphatic rings. The van der Waals surface area contributed by atoms with Gasteiger partial charge in [0.05, 0.1) is 13.0 Å². The molecular weight excluding hydrogens is 937 g/mol. The molecule has 0 aromatic carbocycles. The molecule has 0 saturated carbocycles. The van der Waals surface area contributed by atoms with Gasteiger partial charge in [-0.25, -0.2) is 4.79 Å². The maximum atomic E-state index is 14.2. The molecule has 7 atom stereocenters. The molecule has 1 aliphatic heterocycles. The number of unbranched alkanes of at least 4 members (excludes halogenated alkanes) is 28. The molecule has 1 rings (SSSR count). The summed E-state index contributed by atoms with van der Waals surface area (Å²) < 4.78 is 34.8. The van der Waals surface area contributed by atoms with E-state index in [2.05, 4.69) is 31.4 Å². The van der Waals surface area contributed by atoms with E-state index < -0.39 is 97.7 Å². The second-order valence-electron chi connectivity index (χ2n) is 20.4. The van der Waals surface area contributed by atoms with Gasteiger partial charge in [-0.1, -0.05) is 201 Å². The van der Waals surface area contributed by atoms with Crippen LogP contribution < -0.4 is 10.6 Å². The summed E-state index contributed by atoms with van der Waals surface area (Å²) in [4.78, 5) is 90.1. The molecule has 0 bridgehead atoms. The first-order valence-electron chi connectivity index (χ1n) is 29.0. The summed E-state index contributed by atoms with van der Waals surface area (Å²) in [7, 11) is 0. The van der Waals surface area contributed by atoms with Gasteiger partial charge in [0.2, 0.25) is 11.8 Å². The molecule has 1 saturated heterocycles. The van der Waals surface area contributed by atoms with Gasteiger partial charge >= 0.3 is 29.8 Å². The normalized spacial score (nSPS) is 18.3. The van der Waals surface area contributed by atoms with Crippen LogP contribution >= 0.6 is 0 Å². The number of carbonyl (C=O) groups excluding carboxylic acids is 6. The van der Waals surface area contributed by atoms with Crippen molar-refractivity contribution in [3.8, 4) is 0 Å². The predicted molar refractivity (Wildman–Crippen MR) is 282 cm³/mol. The third-order valence-corrected chi connectivity index (χ3v) is 13.4. The van der Waals surface area contributed by atoms with E-state index in [0.717, 1.165) is 97.8 Å². The fraction of sp³-hybridized carbons (Fsp3) is 0.877. The van der Waals surface area contributed by atoms with Crippen molar-refractivity contribution in [2.75, 3.05) is 13.2 Å².